The summed E-state index contributed by atoms with van der Waals surface area (Å²) >= 11 is 6.00. The van der Waals surface area contributed by atoms with Crippen LogP contribution in [0.15, 0.2) is 6.20 Å². The van der Waals surface area contributed by atoms with Crippen LogP contribution in [0.1, 0.15) is 37.2 Å². The van der Waals surface area contributed by atoms with Crippen molar-refractivity contribution in [3.8, 4) is 0 Å². The van der Waals surface area contributed by atoms with E-state index in [0.717, 1.165) is 12.8 Å². The number of aromatic nitrogens is 2. The molecule has 0 radical (unpaired) electrons. The monoisotopic (exact) mass is 242 g/mol. The summed E-state index contributed by atoms with van der Waals surface area (Å²) in [5.41, 5.74) is -0.259. The van der Waals surface area contributed by atoms with Crippen molar-refractivity contribution in [1.29, 1.82) is 0 Å². The summed E-state index contributed by atoms with van der Waals surface area (Å²) in [7, 11) is 0. The third kappa shape index (κ3) is 1.76. The van der Waals surface area contributed by atoms with Gasteiger partial charge < -0.3 is 4.74 Å². The first-order valence-electron chi connectivity index (χ1n) is 5.48. The first-order valence-corrected chi connectivity index (χ1v) is 5.86. The highest BCUT2D eigenvalue weighted by Gasteiger charge is 2.40. The van der Waals surface area contributed by atoms with Crippen molar-refractivity contribution in [3.63, 3.8) is 0 Å². The maximum absolute atomic E-state index is 12.4. The lowest BCUT2D eigenvalue weighted by molar-refractivity contribution is 0.0204. The molecule has 0 aliphatic carbocycles. The number of carbonyl (C=O) groups is 1. The molecule has 1 fully saturated rings. The second kappa shape index (κ2) is 4.18. The van der Waals surface area contributed by atoms with Gasteiger partial charge in [-0.3, -0.25) is 9.48 Å². The van der Waals surface area contributed by atoms with Crippen molar-refractivity contribution in [1.82, 2.24) is 9.78 Å². The van der Waals surface area contributed by atoms with Crippen molar-refractivity contribution < 1.29 is 9.53 Å². The summed E-state index contributed by atoms with van der Waals surface area (Å²) in [6.45, 7) is 5.02. The minimum atomic E-state index is -0.726. The average molecular weight is 243 g/mol. The molecule has 2 heterocycles. The number of hydrogen-bond donors (Lipinski definition) is 0. The summed E-state index contributed by atoms with van der Waals surface area (Å²) in [5, 5.41) is 4.47. The Morgan fingerprint density at radius 1 is 1.75 bits per heavy atom. The standard InChI is InChI=1S/C11H15ClN2O2/c1-3-14-9(8(12)7-13-14)10(15)11(2)5-4-6-16-11/h7H,3-6H2,1-2H3. The van der Waals surface area contributed by atoms with Crippen LogP contribution in [-0.4, -0.2) is 27.8 Å². The Balaban J connectivity index is 2.36. The number of halogens is 1. The van der Waals surface area contributed by atoms with Crippen LogP contribution in [0.5, 0.6) is 0 Å². The topological polar surface area (TPSA) is 44.1 Å². The molecule has 5 heteroatoms. The number of nitrogens with zero attached hydrogens (tertiary/aromatic N) is 2. The fourth-order valence-electron chi connectivity index (χ4n) is 2.04. The number of aryl methyl sites for hydroxylation is 1. The summed E-state index contributed by atoms with van der Waals surface area (Å²) in [6.07, 6.45) is 3.17. The van der Waals surface area contributed by atoms with E-state index < -0.39 is 5.60 Å². The highest BCUT2D eigenvalue weighted by Crippen LogP contribution is 2.31. The third-order valence-corrected chi connectivity index (χ3v) is 3.29. The van der Waals surface area contributed by atoms with E-state index in [1.165, 1.54) is 6.20 Å². The van der Waals surface area contributed by atoms with Gasteiger partial charge in [0.15, 0.2) is 0 Å². The van der Waals surface area contributed by atoms with Crippen LogP contribution in [0, 0.1) is 0 Å². The van der Waals surface area contributed by atoms with E-state index in [2.05, 4.69) is 5.10 Å². The molecule has 0 bridgehead atoms. The molecule has 0 spiro atoms. The second-order valence-corrected chi connectivity index (χ2v) is 4.58. The fourth-order valence-corrected chi connectivity index (χ4v) is 2.26. The lowest BCUT2D eigenvalue weighted by Gasteiger charge is -2.21. The number of Topliss-reactive ketones (excluding diaryl/α,β-unsaturated/α-hetero) is 1. The Kier molecular flexibility index (Phi) is 3.04. The molecule has 1 atom stereocenters. The Labute approximate surface area is 99.5 Å². The number of rotatable bonds is 3. The Bertz CT molecular complexity index is 408. The largest absolute Gasteiger partial charge is 0.367 e. The maximum atomic E-state index is 12.4. The summed E-state index contributed by atoms with van der Waals surface area (Å²) in [5.74, 6) is -0.0608. The summed E-state index contributed by atoms with van der Waals surface area (Å²) < 4.78 is 7.15. The van der Waals surface area contributed by atoms with Crippen molar-refractivity contribution >= 4 is 17.4 Å². The zero-order valence-electron chi connectivity index (χ0n) is 9.49. The molecule has 1 aliphatic rings. The molecule has 1 aliphatic heterocycles. The third-order valence-electron chi connectivity index (χ3n) is 3.01. The molecule has 0 amide bonds. The van der Waals surface area contributed by atoms with E-state index in [1.807, 2.05) is 13.8 Å². The lowest BCUT2D eigenvalue weighted by atomic mass is 9.95. The minimum absolute atomic E-state index is 0.0608. The molecule has 0 N–H and O–H groups in total. The summed E-state index contributed by atoms with van der Waals surface area (Å²) in [6, 6.07) is 0. The lowest BCUT2D eigenvalue weighted by Crippen LogP contribution is -2.36. The second-order valence-electron chi connectivity index (χ2n) is 4.17. The molecule has 2 rings (SSSR count). The first-order chi connectivity index (χ1) is 7.58. The molecule has 1 unspecified atom stereocenters. The van der Waals surface area contributed by atoms with Crippen LogP contribution in [0.2, 0.25) is 5.02 Å². The van der Waals surface area contributed by atoms with Crippen LogP contribution < -0.4 is 0 Å². The van der Waals surface area contributed by atoms with Crippen LogP contribution in [0.25, 0.3) is 0 Å². The van der Waals surface area contributed by atoms with Crippen LogP contribution in [0.3, 0.4) is 0 Å². The van der Waals surface area contributed by atoms with Crippen molar-refractivity contribution in [2.75, 3.05) is 6.61 Å². The molecule has 1 saturated heterocycles. The van der Waals surface area contributed by atoms with E-state index in [1.54, 1.807) is 4.68 Å². The van der Waals surface area contributed by atoms with Gasteiger partial charge in [-0.15, -0.1) is 0 Å². The Morgan fingerprint density at radius 3 is 3.06 bits per heavy atom. The molecule has 0 saturated carbocycles. The van der Waals surface area contributed by atoms with Gasteiger partial charge in [0, 0.05) is 13.2 Å². The molecule has 88 valence electrons. The molecule has 1 aromatic heterocycles. The normalized spacial score (nSPS) is 24.9. The smallest absolute Gasteiger partial charge is 0.213 e. The number of ether oxygens (including phenoxy) is 1. The molecular formula is C11H15ClN2O2. The van der Waals surface area contributed by atoms with Crippen molar-refractivity contribution in [2.24, 2.45) is 0 Å². The van der Waals surface area contributed by atoms with Gasteiger partial charge in [-0.05, 0) is 26.7 Å². The summed E-state index contributed by atoms with van der Waals surface area (Å²) in [4.78, 5) is 12.4. The number of hydrogen-bond acceptors (Lipinski definition) is 3. The van der Waals surface area contributed by atoms with E-state index in [-0.39, 0.29) is 5.78 Å². The predicted molar refractivity (Wildman–Crippen MR) is 60.8 cm³/mol. The zero-order valence-corrected chi connectivity index (χ0v) is 10.3. The Hall–Kier alpha value is -0.870. The van der Waals surface area contributed by atoms with Gasteiger partial charge in [0.25, 0.3) is 0 Å². The molecule has 0 aromatic carbocycles. The van der Waals surface area contributed by atoms with Gasteiger partial charge in [0.05, 0.1) is 11.2 Å². The van der Waals surface area contributed by atoms with Gasteiger partial charge in [-0.1, -0.05) is 11.6 Å². The zero-order chi connectivity index (χ0) is 11.8. The van der Waals surface area contributed by atoms with Gasteiger partial charge >= 0.3 is 0 Å². The van der Waals surface area contributed by atoms with Crippen LogP contribution in [0.4, 0.5) is 0 Å². The van der Waals surface area contributed by atoms with Gasteiger partial charge in [-0.2, -0.15) is 5.10 Å². The van der Waals surface area contributed by atoms with Gasteiger partial charge in [-0.25, -0.2) is 0 Å². The fraction of sp³-hybridized carbons (Fsp3) is 0.636. The highest BCUT2D eigenvalue weighted by molar-refractivity contribution is 6.34. The molecular weight excluding hydrogens is 228 g/mol. The van der Waals surface area contributed by atoms with Crippen molar-refractivity contribution in [3.05, 3.63) is 16.9 Å². The van der Waals surface area contributed by atoms with Gasteiger partial charge in [0.2, 0.25) is 5.78 Å². The van der Waals surface area contributed by atoms with E-state index >= 15 is 0 Å². The predicted octanol–water partition coefficient (Wildman–Crippen LogP) is 2.31. The van der Waals surface area contributed by atoms with E-state index in [4.69, 9.17) is 16.3 Å². The van der Waals surface area contributed by atoms with Crippen molar-refractivity contribution in [2.45, 2.75) is 38.8 Å². The highest BCUT2D eigenvalue weighted by atomic mass is 35.5. The van der Waals surface area contributed by atoms with Crippen LogP contribution in [-0.2, 0) is 11.3 Å². The quantitative estimate of drug-likeness (QED) is 0.764. The SMILES string of the molecule is CCn1ncc(Cl)c1C(=O)C1(C)CCCO1. The molecule has 16 heavy (non-hydrogen) atoms. The average Bonchev–Trinajstić information content (AvgIpc) is 2.85. The van der Waals surface area contributed by atoms with Gasteiger partial charge in [0.1, 0.15) is 11.3 Å². The maximum Gasteiger partial charge on any atom is 0.213 e. The van der Waals surface area contributed by atoms with Crippen LogP contribution >= 0.6 is 11.6 Å². The van der Waals surface area contributed by atoms with E-state index in [9.17, 15) is 4.79 Å². The number of carbonyl (C=O) groups excluding carboxylic acids is 1. The number of ketones is 1. The molecule has 1 aromatic rings. The Morgan fingerprint density at radius 2 is 2.50 bits per heavy atom. The van der Waals surface area contributed by atoms with E-state index in [0.29, 0.717) is 23.9 Å². The minimum Gasteiger partial charge on any atom is -0.367 e. The first kappa shape index (κ1) is 11.6. The molecule has 4 nitrogen and oxygen atoms in total.